The van der Waals surface area contributed by atoms with Crippen molar-refractivity contribution < 1.29 is 9.32 Å². The lowest BCUT2D eigenvalue weighted by atomic mass is 10.0. The fourth-order valence-electron chi connectivity index (χ4n) is 3.98. The summed E-state index contributed by atoms with van der Waals surface area (Å²) < 4.78 is 7.52. The molecular weight excluding hydrogens is 368 g/mol. The molecule has 2 aliphatic rings. The van der Waals surface area contributed by atoms with Crippen LogP contribution in [0.4, 0.5) is 5.95 Å². The first-order chi connectivity index (χ1) is 14.3. The van der Waals surface area contributed by atoms with E-state index in [0.29, 0.717) is 36.5 Å². The molecule has 4 aromatic rings. The Morgan fingerprint density at radius 2 is 2.03 bits per heavy atom. The number of carbonyl (C=O) groups excluding carboxylic acids is 1. The molecular formula is C21H18N6O2. The van der Waals surface area contributed by atoms with E-state index in [9.17, 15) is 4.79 Å². The van der Waals surface area contributed by atoms with Gasteiger partial charge in [0.25, 0.3) is 0 Å². The van der Waals surface area contributed by atoms with Crippen molar-refractivity contribution in [3.8, 4) is 11.4 Å². The first-order valence-corrected chi connectivity index (χ1v) is 9.80. The molecule has 8 nitrogen and oxygen atoms in total. The van der Waals surface area contributed by atoms with Gasteiger partial charge < -0.3 is 9.09 Å². The maximum absolute atomic E-state index is 12.6. The molecule has 1 atom stereocenters. The number of fused-ring (bicyclic) bond motifs is 3. The number of carbonyl (C=O) groups is 1. The quantitative estimate of drug-likeness (QED) is 0.578. The zero-order valence-electron chi connectivity index (χ0n) is 15.6. The highest BCUT2D eigenvalue weighted by Crippen LogP contribution is 2.42. The molecule has 1 N–H and O–H groups in total. The minimum atomic E-state index is -0.301. The third kappa shape index (κ3) is 2.79. The molecule has 144 valence electrons. The van der Waals surface area contributed by atoms with Crippen LogP contribution in [-0.4, -0.2) is 30.6 Å². The molecule has 3 aromatic heterocycles. The molecule has 0 bridgehead atoms. The Balaban J connectivity index is 1.27. The van der Waals surface area contributed by atoms with Crippen LogP contribution >= 0.6 is 0 Å². The Morgan fingerprint density at radius 1 is 1.14 bits per heavy atom. The van der Waals surface area contributed by atoms with Gasteiger partial charge in [0.1, 0.15) is 0 Å². The van der Waals surface area contributed by atoms with E-state index in [1.165, 1.54) is 0 Å². The molecule has 1 aliphatic heterocycles. The zero-order valence-corrected chi connectivity index (χ0v) is 15.6. The summed E-state index contributed by atoms with van der Waals surface area (Å²) in [6.45, 7) is 0.527. The number of pyridine rings is 1. The average Bonchev–Trinajstić information content (AvgIpc) is 3.39. The Kier molecular flexibility index (Phi) is 3.53. The number of benzene rings is 1. The number of para-hydroxylation sites is 2. The highest BCUT2D eigenvalue weighted by atomic mass is 16.5. The van der Waals surface area contributed by atoms with Gasteiger partial charge in [0.05, 0.1) is 22.6 Å². The second-order valence-corrected chi connectivity index (χ2v) is 7.65. The van der Waals surface area contributed by atoms with Gasteiger partial charge in [-0.15, -0.1) is 0 Å². The van der Waals surface area contributed by atoms with E-state index in [2.05, 4.69) is 25.4 Å². The molecule has 1 unspecified atom stereocenters. The topological polar surface area (TPSA) is 98.7 Å². The average molecular weight is 386 g/mol. The lowest BCUT2D eigenvalue weighted by Gasteiger charge is -2.22. The second kappa shape index (κ2) is 6.23. The zero-order chi connectivity index (χ0) is 19.4. The lowest BCUT2D eigenvalue weighted by Crippen LogP contribution is -2.34. The highest BCUT2D eigenvalue weighted by molar-refractivity contribution is 5.95. The third-order valence-corrected chi connectivity index (χ3v) is 5.60. The summed E-state index contributed by atoms with van der Waals surface area (Å²) in [5, 5.41) is 7.06. The van der Waals surface area contributed by atoms with Crippen LogP contribution in [0.15, 0.2) is 47.1 Å². The fraction of sp³-hybridized carbons (Fsp3) is 0.286. The van der Waals surface area contributed by atoms with Crippen LogP contribution in [0.5, 0.6) is 0 Å². The predicted octanol–water partition coefficient (Wildman–Crippen LogP) is 3.17. The molecule has 8 heteroatoms. The maximum Gasteiger partial charge on any atom is 0.232 e. The van der Waals surface area contributed by atoms with Gasteiger partial charge in [0.2, 0.25) is 23.6 Å². The minimum Gasteiger partial charge on any atom is -0.339 e. The summed E-state index contributed by atoms with van der Waals surface area (Å²) in [5.41, 5.74) is 3.82. The number of hydrogen-bond donors (Lipinski definition) is 1. The summed E-state index contributed by atoms with van der Waals surface area (Å²) in [7, 11) is 0. The Labute approximate surface area is 166 Å². The molecule has 1 aromatic carbocycles. The number of aromatic nitrogens is 5. The van der Waals surface area contributed by atoms with E-state index in [4.69, 9.17) is 4.52 Å². The first-order valence-electron chi connectivity index (χ1n) is 9.80. The molecule has 6 rings (SSSR count). The summed E-state index contributed by atoms with van der Waals surface area (Å²) in [6.07, 6.45) is 4.48. The molecule has 29 heavy (non-hydrogen) atoms. The molecule has 0 spiro atoms. The van der Waals surface area contributed by atoms with Gasteiger partial charge in [-0.2, -0.15) is 4.98 Å². The number of imidazole rings is 1. The van der Waals surface area contributed by atoms with E-state index in [0.717, 1.165) is 35.1 Å². The second-order valence-electron chi connectivity index (χ2n) is 7.65. The number of anilines is 1. The van der Waals surface area contributed by atoms with Gasteiger partial charge in [-0.25, -0.2) is 4.98 Å². The first kappa shape index (κ1) is 16.4. The van der Waals surface area contributed by atoms with E-state index in [1.54, 1.807) is 6.20 Å². The molecule has 1 amide bonds. The molecule has 4 heterocycles. The van der Waals surface area contributed by atoms with Crippen LogP contribution in [0.1, 0.15) is 30.3 Å². The predicted molar refractivity (Wildman–Crippen MR) is 105 cm³/mol. The normalized spacial score (nSPS) is 18.6. The molecule has 1 saturated carbocycles. The van der Waals surface area contributed by atoms with Crippen LogP contribution in [0.2, 0.25) is 0 Å². The van der Waals surface area contributed by atoms with Crippen molar-refractivity contribution in [3.63, 3.8) is 0 Å². The van der Waals surface area contributed by atoms with Crippen molar-refractivity contribution in [1.82, 2.24) is 24.7 Å². The van der Waals surface area contributed by atoms with Gasteiger partial charge >= 0.3 is 0 Å². The van der Waals surface area contributed by atoms with Crippen LogP contribution in [0.25, 0.3) is 22.4 Å². The number of hydrogen-bond acceptors (Lipinski definition) is 6. The summed E-state index contributed by atoms with van der Waals surface area (Å²) in [4.78, 5) is 26.2. The van der Waals surface area contributed by atoms with E-state index in [-0.39, 0.29) is 11.8 Å². The largest absolute Gasteiger partial charge is 0.339 e. The van der Waals surface area contributed by atoms with Crippen molar-refractivity contribution in [2.45, 2.75) is 31.7 Å². The lowest BCUT2D eigenvalue weighted by molar-refractivity contribution is -0.121. The summed E-state index contributed by atoms with van der Waals surface area (Å²) >= 11 is 0. The smallest absolute Gasteiger partial charge is 0.232 e. The monoisotopic (exact) mass is 386 g/mol. The van der Waals surface area contributed by atoms with Gasteiger partial charge in [-0.05, 0) is 37.1 Å². The number of rotatable bonds is 4. The number of nitrogens with zero attached hydrogens (tertiary/aromatic N) is 5. The van der Waals surface area contributed by atoms with Gasteiger partial charge in [-0.1, -0.05) is 17.3 Å². The molecule has 1 aliphatic carbocycles. The van der Waals surface area contributed by atoms with Gasteiger partial charge in [0.15, 0.2) is 0 Å². The summed E-state index contributed by atoms with van der Waals surface area (Å²) in [5.74, 6) is 1.70. The van der Waals surface area contributed by atoms with Crippen LogP contribution in [-0.2, 0) is 17.8 Å². The van der Waals surface area contributed by atoms with Crippen molar-refractivity contribution in [3.05, 3.63) is 54.2 Å². The molecule has 0 radical (unpaired) electrons. The minimum absolute atomic E-state index is 0.0763. The highest BCUT2D eigenvalue weighted by Gasteiger charge is 2.32. The number of nitrogens with one attached hydrogen (secondary N) is 1. The van der Waals surface area contributed by atoms with Crippen molar-refractivity contribution >= 4 is 22.9 Å². The van der Waals surface area contributed by atoms with E-state index in [1.807, 2.05) is 41.0 Å². The van der Waals surface area contributed by atoms with Crippen molar-refractivity contribution in [2.75, 3.05) is 5.32 Å². The van der Waals surface area contributed by atoms with Crippen LogP contribution in [0, 0.1) is 5.92 Å². The standard InChI is InChI=1S/C21H18N6O2/c28-20-13(11-27-16-6-2-1-5-15(16)23-21(27)25-20)10-17-24-19(26-29-17)14-4-3-9-22-18(14)12-7-8-12/h1-6,9,12-13H,7-8,10-11H2,(H,23,25,28). The van der Waals surface area contributed by atoms with Gasteiger partial charge in [-0.3, -0.25) is 15.1 Å². The summed E-state index contributed by atoms with van der Waals surface area (Å²) in [6, 6.07) is 11.7. The molecule has 0 saturated heterocycles. The maximum atomic E-state index is 12.6. The van der Waals surface area contributed by atoms with Crippen molar-refractivity contribution in [2.24, 2.45) is 5.92 Å². The molecule has 1 fully saturated rings. The van der Waals surface area contributed by atoms with E-state index < -0.39 is 0 Å². The number of amides is 1. The fourth-order valence-corrected chi connectivity index (χ4v) is 3.98. The third-order valence-electron chi connectivity index (χ3n) is 5.60. The Bertz CT molecular complexity index is 1240. The van der Waals surface area contributed by atoms with Gasteiger partial charge in [0, 0.05) is 30.6 Å². The Hall–Kier alpha value is -3.55. The van der Waals surface area contributed by atoms with Crippen LogP contribution in [0.3, 0.4) is 0 Å². The van der Waals surface area contributed by atoms with E-state index >= 15 is 0 Å². The van der Waals surface area contributed by atoms with Crippen LogP contribution < -0.4 is 5.32 Å². The Morgan fingerprint density at radius 3 is 2.93 bits per heavy atom. The SMILES string of the molecule is O=C1Nc2nc3ccccc3n2CC1Cc1nc(-c2cccnc2C2CC2)no1. The van der Waals surface area contributed by atoms with Crippen molar-refractivity contribution in [1.29, 1.82) is 0 Å².